The molecule has 2 N–H and O–H groups in total. The summed E-state index contributed by atoms with van der Waals surface area (Å²) in [7, 11) is 0. The Balaban J connectivity index is 2.13. The number of nitrogen functional groups attached to an aromatic ring is 1. The number of halogens is 1. The summed E-state index contributed by atoms with van der Waals surface area (Å²) < 4.78 is 13.4. The fourth-order valence-corrected chi connectivity index (χ4v) is 3.45. The maximum absolute atomic E-state index is 13.4. The van der Waals surface area contributed by atoms with Crippen molar-refractivity contribution in [2.75, 3.05) is 23.7 Å². The Morgan fingerprint density at radius 2 is 2.00 bits per heavy atom. The van der Waals surface area contributed by atoms with Crippen LogP contribution >= 0.6 is 0 Å². The summed E-state index contributed by atoms with van der Waals surface area (Å²) in [4.78, 5) is 11.4. The van der Waals surface area contributed by atoms with Crippen molar-refractivity contribution < 1.29 is 4.39 Å². The number of piperidine rings is 1. The van der Waals surface area contributed by atoms with E-state index < -0.39 is 0 Å². The molecule has 1 aliphatic rings. The van der Waals surface area contributed by atoms with Crippen molar-refractivity contribution in [2.24, 2.45) is 5.92 Å². The Bertz CT molecular complexity index is 699. The fourth-order valence-electron chi connectivity index (χ4n) is 3.45. The van der Waals surface area contributed by atoms with Crippen LogP contribution in [0.5, 0.6) is 0 Å². The quantitative estimate of drug-likeness (QED) is 0.920. The summed E-state index contributed by atoms with van der Waals surface area (Å²) in [6.07, 6.45) is 4.19. The zero-order valence-electron chi connectivity index (χ0n) is 14.4. The van der Waals surface area contributed by atoms with Gasteiger partial charge >= 0.3 is 0 Å². The van der Waals surface area contributed by atoms with Crippen molar-refractivity contribution in [1.82, 2.24) is 9.97 Å². The first-order valence-electron chi connectivity index (χ1n) is 8.75. The molecule has 1 saturated heterocycles. The van der Waals surface area contributed by atoms with Crippen molar-refractivity contribution in [3.05, 3.63) is 35.8 Å². The fraction of sp³-hybridized carbons (Fsp3) is 0.474. The summed E-state index contributed by atoms with van der Waals surface area (Å²) >= 11 is 0. The summed E-state index contributed by atoms with van der Waals surface area (Å²) in [6.45, 7) is 6.33. The first-order valence-corrected chi connectivity index (χ1v) is 8.75. The van der Waals surface area contributed by atoms with Gasteiger partial charge in [-0.15, -0.1) is 0 Å². The SMILES string of the molecule is CCCc1nc(N)nc(N2CCCC(C)C2)c1-c1ccc(F)cc1. The van der Waals surface area contributed by atoms with E-state index in [0.717, 1.165) is 55.0 Å². The summed E-state index contributed by atoms with van der Waals surface area (Å²) in [5, 5.41) is 0. The molecule has 0 saturated carbocycles. The Kier molecular flexibility index (Phi) is 4.97. The molecule has 1 aromatic heterocycles. The number of benzene rings is 1. The summed E-state index contributed by atoms with van der Waals surface area (Å²) in [5.74, 6) is 1.60. The molecular weight excluding hydrogens is 303 g/mol. The molecule has 0 aliphatic carbocycles. The molecule has 3 rings (SSSR count). The summed E-state index contributed by atoms with van der Waals surface area (Å²) in [6, 6.07) is 6.59. The molecule has 1 fully saturated rings. The van der Waals surface area contributed by atoms with Crippen LogP contribution in [0, 0.1) is 11.7 Å². The third kappa shape index (κ3) is 3.50. The van der Waals surface area contributed by atoms with Crippen LogP contribution < -0.4 is 10.6 Å². The molecule has 1 aliphatic heterocycles. The normalized spacial score (nSPS) is 18.0. The molecule has 24 heavy (non-hydrogen) atoms. The minimum Gasteiger partial charge on any atom is -0.368 e. The van der Waals surface area contributed by atoms with Gasteiger partial charge in [-0.25, -0.2) is 9.37 Å². The van der Waals surface area contributed by atoms with Gasteiger partial charge in [-0.3, -0.25) is 0 Å². The van der Waals surface area contributed by atoms with E-state index in [1.54, 1.807) is 12.1 Å². The van der Waals surface area contributed by atoms with E-state index >= 15 is 0 Å². The average molecular weight is 328 g/mol. The molecule has 1 aromatic carbocycles. The largest absolute Gasteiger partial charge is 0.368 e. The van der Waals surface area contributed by atoms with Gasteiger partial charge in [0.2, 0.25) is 5.95 Å². The second-order valence-corrected chi connectivity index (χ2v) is 6.68. The minimum absolute atomic E-state index is 0.236. The van der Waals surface area contributed by atoms with Crippen LogP contribution in [0.3, 0.4) is 0 Å². The second kappa shape index (κ2) is 7.16. The van der Waals surface area contributed by atoms with E-state index in [-0.39, 0.29) is 5.82 Å². The lowest BCUT2D eigenvalue weighted by Gasteiger charge is -2.33. The third-order valence-corrected chi connectivity index (χ3v) is 4.56. The zero-order valence-corrected chi connectivity index (χ0v) is 14.4. The number of hydrogen-bond donors (Lipinski definition) is 1. The Morgan fingerprint density at radius 1 is 1.25 bits per heavy atom. The lowest BCUT2D eigenvalue weighted by atomic mass is 9.97. The number of aromatic nitrogens is 2. The van der Waals surface area contributed by atoms with Crippen molar-refractivity contribution in [3.63, 3.8) is 0 Å². The lowest BCUT2D eigenvalue weighted by Crippen LogP contribution is -2.35. The molecule has 0 amide bonds. The van der Waals surface area contributed by atoms with E-state index in [1.807, 2.05) is 0 Å². The van der Waals surface area contributed by atoms with Gasteiger partial charge < -0.3 is 10.6 Å². The molecule has 1 atom stereocenters. The number of aryl methyl sites for hydroxylation is 1. The van der Waals surface area contributed by atoms with Gasteiger partial charge in [-0.05, 0) is 42.9 Å². The maximum atomic E-state index is 13.4. The van der Waals surface area contributed by atoms with Crippen LogP contribution in [0.2, 0.25) is 0 Å². The van der Waals surface area contributed by atoms with Gasteiger partial charge in [-0.2, -0.15) is 4.98 Å². The first-order chi connectivity index (χ1) is 11.6. The molecule has 4 nitrogen and oxygen atoms in total. The van der Waals surface area contributed by atoms with E-state index in [9.17, 15) is 4.39 Å². The molecular formula is C19H25FN4. The highest BCUT2D eigenvalue weighted by Crippen LogP contribution is 2.35. The first kappa shape index (κ1) is 16.7. The maximum Gasteiger partial charge on any atom is 0.222 e. The van der Waals surface area contributed by atoms with Gasteiger partial charge in [0.1, 0.15) is 11.6 Å². The zero-order chi connectivity index (χ0) is 17.1. The Hall–Kier alpha value is -2.17. The van der Waals surface area contributed by atoms with Crippen LogP contribution in [0.1, 0.15) is 38.8 Å². The number of hydrogen-bond acceptors (Lipinski definition) is 4. The van der Waals surface area contributed by atoms with E-state index in [1.165, 1.54) is 18.6 Å². The van der Waals surface area contributed by atoms with Crippen LogP contribution in [-0.4, -0.2) is 23.1 Å². The van der Waals surface area contributed by atoms with Crippen LogP contribution in [0.4, 0.5) is 16.2 Å². The van der Waals surface area contributed by atoms with Crippen LogP contribution in [-0.2, 0) is 6.42 Å². The molecule has 0 bridgehead atoms. The standard InChI is InChI=1S/C19H25FN4/c1-3-5-16-17(14-7-9-15(20)10-8-14)18(23-19(21)22-16)24-11-4-6-13(2)12-24/h7-10,13H,3-6,11-12H2,1-2H3,(H2,21,22,23). The number of nitrogens with two attached hydrogens (primary N) is 1. The van der Waals surface area contributed by atoms with Crippen molar-refractivity contribution in [3.8, 4) is 11.1 Å². The molecule has 1 unspecified atom stereocenters. The van der Waals surface area contributed by atoms with E-state index in [4.69, 9.17) is 5.73 Å². The molecule has 2 heterocycles. The second-order valence-electron chi connectivity index (χ2n) is 6.68. The predicted molar refractivity (Wildman–Crippen MR) is 96.4 cm³/mol. The van der Waals surface area contributed by atoms with Crippen molar-refractivity contribution >= 4 is 11.8 Å². The van der Waals surface area contributed by atoms with Crippen molar-refractivity contribution in [1.29, 1.82) is 0 Å². The highest BCUT2D eigenvalue weighted by atomic mass is 19.1. The van der Waals surface area contributed by atoms with Crippen LogP contribution in [0.25, 0.3) is 11.1 Å². The lowest BCUT2D eigenvalue weighted by molar-refractivity contribution is 0.444. The molecule has 0 radical (unpaired) electrons. The Labute approximate surface area is 142 Å². The van der Waals surface area contributed by atoms with Gasteiger partial charge in [0.15, 0.2) is 0 Å². The van der Waals surface area contributed by atoms with Gasteiger partial charge in [0.05, 0.1) is 5.69 Å². The van der Waals surface area contributed by atoms with Gasteiger partial charge in [0.25, 0.3) is 0 Å². The van der Waals surface area contributed by atoms with Crippen LogP contribution in [0.15, 0.2) is 24.3 Å². The number of anilines is 2. The monoisotopic (exact) mass is 328 g/mol. The number of nitrogens with zero attached hydrogens (tertiary/aromatic N) is 3. The van der Waals surface area contributed by atoms with Gasteiger partial charge in [-0.1, -0.05) is 32.4 Å². The average Bonchev–Trinajstić information content (AvgIpc) is 2.56. The van der Waals surface area contributed by atoms with E-state index in [0.29, 0.717) is 11.9 Å². The third-order valence-electron chi connectivity index (χ3n) is 4.56. The van der Waals surface area contributed by atoms with Gasteiger partial charge in [0, 0.05) is 18.7 Å². The molecule has 2 aromatic rings. The molecule has 128 valence electrons. The minimum atomic E-state index is -0.236. The summed E-state index contributed by atoms with van der Waals surface area (Å²) in [5.41, 5.74) is 8.89. The Morgan fingerprint density at radius 3 is 2.67 bits per heavy atom. The highest BCUT2D eigenvalue weighted by Gasteiger charge is 2.24. The topological polar surface area (TPSA) is 55.0 Å². The molecule has 5 heteroatoms. The molecule has 0 spiro atoms. The van der Waals surface area contributed by atoms with E-state index in [2.05, 4.69) is 28.7 Å². The highest BCUT2D eigenvalue weighted by molar-refractivity contribution is 5.79. The number of rotatable bonds is 4. The smallest absolute Gasteiger partial charge is 0.222 e. The van der Waals surface area contributed by atoms with Crippen molar-refractivity contribution in [2.45, 2.75) is 39.5 Å². The predicted octanol–water partition coefficient (Wildman–Crippen LogP) is 4.05.